The van der Waals surface area contributed by atoms with E-state index in [0.29, 0.717) is 5.92 Å². The fourth-order valence-corrected chi connectivity index (χ4v) is 0.760. The van der Waals surface area contributed by atoms with Crippen molar-refractivity contribution >= 4 is 6.21 Å². The Balaban J connectivity index is 0. The molecule has 2 nitrogen and oxygen atoms in total. The van der Waals surface area contributed by atoms with Crippen molar-refractivity contribution in [3.8, 4) is 0 Å². The summed E-state index contributed by atoms with van der Waals surface area (Å²) in [4.78, 5) is 0. The molecule has 0 rings (SSSR count). The van der Waals surface area contributed by atoms with Crippen molar-refractivity contribution < 1.29 is 1.43 Å². The molecule has 0 aliphatic heterocycles. The predicted octanol–water partition coefficient (Wildman–Crippen LogP) is 2.16. The monoisotopic (exact) mass is 142 g/mol. The van der Waals surface area contributed by atoms with Gasteiger partial charge in [0.1, 0.15) is 0 Å². The van der Waals surface area contributed by atoms with Crippen molar-refractivity contribution in [3.63, 3.8) is 0 Å². The van der Waals surface area contributed by atoms with E-state index in [4.69, 9.17) is 11.1 Å². The third kappa shape index (κ3) is 2.21. The first-order chi connectivity index (χ1) is 4.63. The molecule has 2 heteroatoms. The van der Waals surface area contributed by atoms with Crippen molar-refractivity contribution in [1.29, 1.82) is 5.41 Å². The summed E-state index contributed by atoms with van der Waals surface area (Å²) in [7, 11) is 0. The highest BCUT2D eigenvalue weighted by molar-refractivity contribution is 5.76. The van der Waals surface area contributed by atoms with Crippen molar-refractivity contribution in [2.24, 2.45) is 11.7 Å². The summed E-state index contributed by atoms with van der Waals surface area (Å²) in [5.41, 5.74) is 7.51. The van der Waals surface area contributed by atoms with Crippen molar-refractivity contribution in [3.05, 3.63) is 11.3 Å². The third-order valence-corrected chi connectivity index (χ3v) is 1.55. The predicted molar refractivity (Wildman–Crippen MR) is 47.2 cm³/mol. The average molecular weight is 142 g/mol. The summed E-state index contributed by atoms with van der Waals surface area (Å²) in [6.45, 7) is 6.08. The number of nitrogens with one attached hydrogen (secondary N) is 1. The summed E-state index contributed by atoms with van der Waals surface area (Å²) in [6.07, 6.45) is 2.20. The summed E-state index contributed by atoms with van der Waals surface area (Å²) >= 11 is 0. The van der Waals surface area contributed by atoms with Crippen molar-refractivity contribution in [2.75, 3.05) is 0 Å². The molecule has 0 amide bonds. The van der Waals surface area contributed by atoms with Crippen LogP contribution in [0.2, 0.25) is 0 Å². The number of hydrogen-bond acceptors (Lipinski definition) is 2. The van der Waals surface area contributed by atoms with Crippen LogP contribution in [0, 0.1) is 11.3 Å². The lowest BCUT2D eigenvalue weighted by Crippen LogP contribution is -2.09. The Morgan fingerprint density at radius 3 is 2.30 bits per heavy atom. The van der Waals surface area contributed by atoms with Crippen LogP contribution in [0.1, 0.15) is 28.6 Å². The molecular weight excluding hydrogens is 124 g/mol. The van der Waals surface area contributed by atoms with E-state index in [2.05, 4.69) is 0 Å². The van der Waals surface area contributed by atoms with Crippen LogP contribution >= 0.6 is 0 Å². The number of allylic oxidation sites excluding steroid dienone is 2. The van der Waals surface area contributed by atoms with E-state index < -0.39 is 0 Å². The van der Waals surface area contributed by atoms with E-state index in [1.165, 1.54) is 6.21 Å². The van der Waals surface area contributed by atoms with Crippen LogP contribution in [0.4, 0.5) is 0 Å². The van der Waals surface area contributed by atoms with Gasteiger partial charge in [-0.1, -0.05) is 20.8 Å². The first-order valence-electron chi connectivity index (χ1n) is 3.62. The van der Waals surface area contributed by atoms with Gasteiger partial charge in [-0.3, -0.25) is 0 Å². The maximum Gasteiger partial charge on any atom is 0.0227 e. The number of rotatable bonds is 3. The quantitative estimate of drug-likeness (QED) is 0.583. The maximum absolute atomic E-state index is 7.02. The molecule has 0 bridgehead atoms. The van der Waals surface area contributed by atoms with Crippen LogP contribution in [0.5, 0.6) is 0 Å². The Bertz CT molecular complexity index is 150. The van der Waals surface area contributed by atoms with Crippen LogP contribution in [0.15, 0.2) is 11.3 Å². The molecule has 0 aliphatic carbocycles. The van der Waals surface area contributed by atoms with Gasteiger partial charge in [-0.25, -0.2) is 0 Å². The highest BCUT2D eigenvalue weighted by Crippen LogP contribution is 2.09. The molecule has 0 fully saturated rings. The van der Waals surface area contributed by atoms with Gasteiger partial charge in [0.05, 0.1) is 0 Å². The standard InChI is InChI=1S/C8H16N2.H2/c1-4-7(5-9)8(10)6(2)3;/h5-6,9H,4,10H2,1-3H3;1H/b8-7-,9-5?;. The third-order valence-electron chi connectivity index (χ3n) is 1.55. The second kappa shape index (κ2) is 4.09. The van der Waals surface area contributed by atoms with Gasteiger partial charge in [-0.2, -0.15) is 0 Å². The van der Waals surface area contributed by atoms with E-state index >= 15 is 0 Å². The molecular formula is C8H18N2. The topological polar surface area (TPSA) is 49.9 Å². The number of hydrogen-bond donors (Lipinski definition) is 2. The van der Waals surface area contributed by atoms with Gasteiger partial charge in [0.15, 0.2) is 0 Å². The molecule has 0 atom stereocenters. The SMILES string of the molecule is CC/C(C=N)=C(/N)C(C)C.[HH]. The summed E-state index contributed by atoms with van der Waals surface area (Å²) < 4.78 is 0. The van der Waals surface area contributed by atoms with Gasteiger partial charge in [0, 0.05) is 13.3 Å². The zero-order chi connectivity index (χ0) is 8.15. The first kappa shape index (κ1) is 9.21. The zero-order valence-corrected chi connectivity index (χ0v) is 6.94. The fourth-order valence-electron chi connectivity index (χ4n) is 0.760. The van der Waals surface area contributed by atoms with Gasteiger partial charge in [0.25, 0.3) is 0 Å². The highest BCUT2D eigenvalue weighted by atomic mass is 14.6. The molecule has 10 heavy (non-hydrogen) atoms. The molecule has 0 aromatic carbocycles. The second-order valence-electron chi connectivity index (χ2n) is 2.63. The van der Waals surface area contributed by atoms with E-state index in [9.17, 15) is 0 Å². The van der Waals surface area contributed by atoms with Gasteiger partial charge >= 0.3 is 0 Å². The second-order valence-corrected chi connectivity index (χ2v) is 2.63. The summed E-state index contributed by atoms with van der Waals surface area (Å²) in [5, 5.41) is 7.02. The van der Waals surface area contributed by atoms with Crippen LogP contribution < -0.4 is 5.73 Å². The zero-order valence-electron chi connectivity index (χ0n) is 6.94. The van der Waals surface area contributed by atoms with Crippen LogP contribution in [-0.4, -0.2) is 6.21 Å². The average Bonchev–Trinajstić information content (AvgIpc) is 1.90. The smallest absolute Gasteiger partial charge is 0.0227 e. The van der Waals surface area contributed by atoms with Crippen molar-refractivity contribution in [2.45, 2.75) is 27.2 Å². The van der Waals surface area contributed by atoms with Crippen molar-refractivity contribution in [1.82, 2.24) is 0 Å². The normalized spacial score (nSPS) is 13.2. The van der Waals surface area contributed by atoms with Crippen LogP contribution in [0.25, 0.3) is 0 Å². The molecule has 60 valence electrons. The fraction of sp³-hybridized carbons (Fsp3) is 0.625. The highest BCUT2D eigenvalue weighted by Gasteiger charge is 2.01. The van der Waals surface area contributed by atoms with E-state index in [1.807, 2.05) is 20.8 Å². The lowest BCUT2D eigenvalue weighted by molar-refractivity contribution is 0.745. The lowest BCUT2D eigenvalue weighted by Gasteiger charge is -2.08. The molecule has 0 unspecified atom stereocenters. The van der Waals surface area contributed by atoms with Gasteiger partial charge < -0.3 is 11.1 Å². The molecule has 0 spiro atoms. The minimum absolute atomic E-state index is 0. The van der Waals surface area contributed by atoms with Gasteiger partial charge in [-0.15, -0.1) is 0 Å². The molecule has 0 aliphatic rings. The lowest BCUT2D eigenvalue weighted by atomic mass is 10.0. The van der Waals surface area contributed by atoms with E-state index in [0.717, 1.165) is 17.7 Å². The molecule has 3 N–H and O–H groups in total. The molecule has 0 heterocycles. The van der Waals surface area contributed by atoms with Crippen LogP contribution in [0.3, 0.4) is 0 Å². The largest absolute Gasteiger partial charge is 0.402 e. The molecule has 0 radical (unpaired) electrons. The minimum Gasteiger partial charge on any atom is -0.402 e. The molecule has 0 saturated heterocycles. The Morgan fingerprint density at radius 2 is 2.20 bits per heavy atom. The Kier molecular flexibility index (Phi) is 3.77. The number of nitrogens with two attached hydrogens (primary N) is 1. The van der Waals surface area contributed by atoms with E-state index in [1.54, 1.807) is 0 Å². The first-order valence-corrected chi connectivity index (χ1v) is 3.62. The molecule has 0 aromatic heterocycles. The molecule has 0 saturated carbocycles. The van der Waals surface area contributed by atoms with E-state index in [-0.39, 0.29) is 1.43 Å². The Hall–Kier alpha value is -0.790. The Labute approximate surface area is 64.1 Å². The van der Waals surface area contributed by atoms with Gasteiger partial charge in [-0.05, 0) is 17.9 Å². The van der Waals surface area contributed by atoms with Gasteiger partial charge in [0.2, 0.25) is 0 Å². The maximum atomic E-state index is 7.02. The Morgan fingerprint density at radius 1 is 1.70 bits per heavy atom. The summed E-state index contributed by atoms with van der Waals surface area (Å²) in [5.74, 6) is 0.358. The summed E-state index contributed by atoms with van der Waals surface area (Å²) in [6, 6.07) is 0. The molecule has 0 aromatic rings. The minimum atomic E-state index is 0. The van der Waals surface area contributed by atoms with Crippen LogP contribution in [-0.2, 0) is 0 Å².